The third-order valence-corrected chi connectivity index (χ3v) is 11.2. The second-order valence-corrected chi connectivity index (χ2v) is 14.7. The molecule has 8 heteroatoms. The van der Waals surface area contributed by atoms with Crippen LogP contribution >= 0.6 is 0 Å². The van der Waals surface area contributed by atoms with E-state index in [9.17, 15) is 4.79 Å². The van der Waals surface area contributed by atoms with Crippen molar-refractivity contribution in [3.63, 3.8) is 0 Å². The zero-order valence-corrected chi connectivity index (χ0v) is 22.8. The molecule has 0 aliphatic carbocycles. The summed E-state index contributed by atoms with van der Waals surface area (Å²) in [7, 11) is 4.27. The van der Waals surface area contributed by atoms with Gasteiger partial charge in [-0.25, -0.2) is 0 Å². The lowest BCUT2D eigenvalue weighted by Crippen LogP contribution is -2.44. The van der Waals surface area contributed by atoms with Gasteiger partial charge in [0, 0.05) is 12.0 Å². The Kier molecular flexibility index (Phi) is 7.40. The predicted octanol–water partition coefficient (Wildman–Crippen LogP) is 5.26. The van der Waals surface area contributed by atoms with Crippen LogP contribution in [0.3, 0.4) is 0 Å². The molecule has 34 heavy (non-hydrogen) atoms. The third-order valence-electron chi connectivity index (χ3n) is 6.86. The Bertz CT molecular complexity index is 1060. The lowest BCUT2D eigenvalue weighted by atomic mass is 9.92. The Morgan fingerprint density at radius 3 is 2.06 bits per heavy atom. The van der Waals surface area contributed by atoms with Gasteiger partial charge in [-0.05, 0) is 53.9 Å². The largest absolute Gasteiger partial charge is 0.541 e. The molecular weight excluding hydrogens is 450 g/mol. The van der Waals surface area contributed by atoms with Crippen molar-refractivity contribution in [2.75, 3.05) is 28.4 Å². The molecule has 0 radical (unpaired) electrons. The molecule has 1 aliphatic heterocycles. The van der Waals surface area contributed by atoms with Gasteiger partial charge in [0.25, 0.3) is 8.32 Å². The van der Waals surface area contributed by atoms with Crippen LogP contribution in [0.15, 0.2) is 24.3 Å². The van der Waals surface area contributed by atoms with Crippen molar-refractivity contribution in [2.45, 2.75) is 57.8 Å². The van der Waals surface area contributed by atoms with Gasteiger partial charge >= 0.3 is 0 Å². The van der Waals surface area contributed by atoms with E-state index in [1.807, 2.05) is 24.3 Å². The Balaban J connectivity index is 2.21. The Hall–Kier alpha value is -2.87. The topological polar surface area (TPSA) is 75.3 Å². The fraction of sp³-hybridized carbons (Fsp3) is 0.500. The average molecular weight is 488 g/mol. The number of carbonyl (C=O) groups is 1. The molecule has 1 aliphatic rings. The minimum atomic E-state index is -2.13. The van der Waals surface area contributed by atoms with Gasteiger partial charge in [0.15, 0.2) is 17.2 Å². The monoisotopic (exact) mass is 487 g/mol. The van der Waals surface area contributed by atoms with Crippen molar-refractivity contribution in [3.05, 3.63) is 41.0 Å². The predicted molar refractivity (Wildman–Crippen MR) is 135 cm³/mol. The highest BCUT2D eigenvalue weighted by atomic mass is 28.4. The first-order valence-electron chi connectivity index (χ1n) is 11.5. The highest BCUT2D eigenvalue weighted by Crippen LogP contribution is 2.48. The molecule has 2 aromatic carbocycles. The van der Waals surface area contributed by atoms with Crippen molar-refractivity contribution in [1.29, 1.82) is 0 Å². The molecule has 3 rings (SSSR count). The number of rotatable bonds is 7. The minimum absolute atomic E-state index is 0.0181. The number of methoxy groups -OCH3 is 4. The lowest BCUT2D eigenvalue weighted by Gasteiger charge is -2.37. The van der Waals surface area contributed by atoms with E-state index in [4.69, 9.17) is 23.4 Å². The summed E-state index contributed by atoms with van der Waals surface area (Å²) >= 11 is 0. The zero-order valence-electron chi connectivity index (χ0n) is 21.8. The molecule has 0 spiro atoms. The number of amides is 1. The summed E-state index contributed by atoms with van der Waals surface area (Å²) < 4.78 is 29.3. The number of hydrogen-bond acceptors (Lipinski definition) is 6. The van der Waals surface area contributed by atoms with Gasteiger partial charge in [-0.2, -0.15) is 0 Å². The SMILES string of the molecule is COc1ccc(C2NC(=O)CCc3cc(OC)c(OC)c(OC)c32)cc1O[Si](C)(C)C(C)(C)C. The molecule has 0 aromatic heterocycles. The van der Waals surface area contributed by atoms with Crippen LogP contribution < -0.4 is 28.7 Å². The fourth-order valence-electron chi connectivity index (χ4n) is 3.94. The van der Waals surface area contributed by atoms with Gasteiger partial charge < -0.3 is 28.7 Å². The van der Waals surface area contributed by atoms with Gasteiger partial charge in [0.1, 0.15) is 5.75 Å². The average Bonchev–Trinajstić information content (AvgIpc) is 2.95. The smallest absolute Gasteiger partial charge is 0.250 e. The lowest BCUT2D eigenvalue weighted by molar-refractivity contribution is -0.121. The molecule has 0 saturated carbocycles. The van der Waals surface area contributed by atoms with Crippen LogP contribution in [-0.2, 0) is 11.2 Å². The van der Waals surface area contributed by atoms with Crippen LogP contribution in [-0.4, -0.2) is 42.7 Å². The quantitative estimate of drug-likeness (QED) is 0.537. The van der Waals surface area contributed by atoms with E-state index in [-0.39, 0.29) is 10.9 Å². The number of aryl methyl sites for hydroxylation is 1. The van der Waals surface area contributed by atoms with E-state index < -0.39 is 14.4 Å². The molecule has 1 heterocycles. The third kappa shape index (κ3) is 4.82. The van der Waals surface area contributed by atoms with Crippen LogP contribution in [0.25, 0.3) is 0 Å². The highest BCUT2D eigenvalue weighted by Gasteiger charge is 2.40. The molecule has 2 aromatic rings. The molecule has 1 atom stereocenters. The molecule has 0 saturated heterocycles. The van der Waals surface area contributed by atoms with Crippen molar-refractivity contribution in [1.82, 2.24) is 5.32 Å². The summed E-state index contributed by atoms with van der Waals surface area (Å²) in [6.45, 7) is 11.0. The maximum atomic E-state index is 12.7. The highest BCUT2D eigenvalue weighted by molar-refractivity contribution is 6.74. The molecule has 186 valence electrons. The first-order valence-corrected chi connectivity index (χ1v) is 14.4. The van der Waals surface area contributed by atoms with Crippen molar-refractivity contribution in [2.24, 2.45) is 0 Å². The minimum Gasteiger partial charge on any atom is -0.541 e. The summed E-state index contributed by atoms with van der Waals surface area (Å²) in [5.41, 5.74) is 2.70. The number of hydrogen-bond donors (Lipinski definition) is 1. The molecule has 1 amide bonds. The van der Waals surface area contributed by atoms with Crippen LogP contribution in [0.1, 0.15) is 49.9 Å². The number of ether oxygens (including phenoxy) is 4. The fourth-order valence-corrected chi connectivity index (χ4v) is 4.95. The Morgan fingerprint density at radius 1 is 0.853 bits per heavy atom. The summed E-state index contributed by atoms with van der Waals surface area (Å²) in [5, 5.41) is 3.19. The number of fused-ring (bicyclic) bond motifs is 1. The Labute approximate surface area is 203 Å². The van der Waals surface area contributed by atoms with E-state index in [0.717, 1.165) is 16.7 Å². The van der Waals surface area contributed by atoms with Crippen molar-refractivity contribution in [3.8, 4) is 28.7 Å². The molecular formula is C26H37NO6Si. The van der Waals surface area contributed by atoms with E-state index >= 15 is 0 Å². The number of nitrogens with one attached hydrogen (secondary N) is 1. The number of carbonyl (C=O) groups excluding carboxylic acids is 1. The zero-order chi connectivity index (χ0) is 25.3. The summed E-state index contributed by atoms with van der Waals surface area (Å²) in [4.78, 5) is 12.7. The summed E-state index contributed by atoms with van der Waals surface area (Å²) in [6, 6.07) is 7.29. The van der Waals surface area contributed by atoms with Crippen LogP contribution in [0.2, 0.25) is 18.1 Å². The van der Waals surface area contributed by atoms with E-state index in [0.29, 0.717) is 41.6 Å². The summed E-state index contributed by atoms with van der Waals surface area (Å²) in [5.74, 6) is 2.91. The van der Waals surface area contributed by atoms with Gasteiger partial charge in [-0.3, -0.25) is 4.79 Å². The second kappa shape index (κ2) is 9.78. The van der Waals surface area contributed by atoms with Gasteiger partial charge in [-0.15, -0.1) is 0 Å². The van der Waals surface area contributed by atoms with E-state index in [2.05, 4.69) is 39.2 Å². The second-order valence-electron chi connectivity index (χ2n) is 9.99. The first-order chi connectivity index (χ1) is 16.0. The normalized spacial score (nSPS) is 16.1. The maximum absolute atomic E-state index is 12.7. The summed E-state index contributed by atoms with van der Waals surface area (Å²) in [6.07, 6.45) is 0.934. The van der Waals surface area contributed by atoms with Crippen LogP contribution in [0, 0.1) is 0 Å². The molecule has 0 bridgehead atoms. The molecule has 0 fully saturated rings. The molecule has 1 unspecified atom stereocenters. The van der Waals surface area contributed by atoms with Crippen LogP contribution in [0.5, 0.6) is 28.7 Å². The number of benzene rings is 2. The molecule has 1 N–H and O–H groups in total. The van der Waals surface area contributed by atoms with Gasteiger partial charge in [0.05, 0.1) is 34.5 Å². The first kappa shape index (κ1) is 25.7. The van der Waals surface area contributed by atoms with Crippen molar-refractivity contribution < 1.29 is 28.2 Å². The maximum Gasteiger partial charge on any atom is 0.250 e. The van der Waals surface area contributed by atoms with Gasteiger partial charge in [-0.1, -0.05) is 26.8 Å². The van der Waals surface area contributed by atoms with Gasteiger partial charge in [0.2, 0.25) is 11.7 Å². The Morgan fingerprint density at radius 2 is 1.50 bits per heavy atom. The van der Waals surface area contributed by atoms with E-state index in [1.54, 1.807) is 28.4 Å². The van der Waals surface area contributed by atoms with Crippen molar-refractivity contribution >= 4 is 14.2 Å². The van der Waals surface area contributed by atoms with Crippen LogP contribution in [0.4, 0.5) is 0 Å². The standard InChI is InChI=1S/C26H37NO6Si/c1-26(2,3)34(8,9)33-19-15-17(10-12-18(19)29-4)23-22-16(11-13-21(28)27-23)14-20(30-5)24(31-6)25(22)32-7/h10,12,14-15,23H,11,13H2,1-9H3,(H,27,28). The molecule has 7 nitrogen and oxygen atoms in total. The van der Waals surface area contributed by atoms with E-state index in [1.165, 1.54) is 0 Å².